The summed E-state index contributed by atoms with van der Waals surface area (Å²) in [6.45, 7) is 5.40. The molecular weight excluding hydrogens is 398 g/mol. The standard InChI is InChI=1S/C19H20BrN3O3/c1-19(2,3)26-18(25)23-13-8-5-4-7-12(13)11-14(23)17(24)22-16-10-6-9-15(20)21-16/h4-10,14H,11H2,1-3H3,(H,21,22,24)/t14-/m0/s1. The molecule has 0 saturated carbocycles. The van der Waals surface area contributed by atoms with Crippen molar-refractivity contribution in [2.24, 2.45) is 0 Å². The molecule has 2 amide bonds. The number of ether oxygens (including phenoxy) is 1. The number of amides is 2. The molecule has 1 aromatic heterocycles. The molecule has 0 radical (unpaired) electrons. The van der Waals surface area contributed by atoms with Crippen LogP contribution in [0, 0.1) is 0 Å². The number of para-hydroxylation sites is 1. The highest BCUT2D eigenvalue weighted by atomic mass is 79.9. The average molecular weight is 418 g/mol. The highest BCUT2D eigenvalue weighted by Crippen LogP contribution is 2.33. The van der Waals surface area contributed by atoms with Crippen molar-refractivity contribution in [1.29, 1.82) is 0 Å². The molecule has 0 fully saturated rings. The number of benzene rings is 1. The van der Waals surface area contributed by atoms with Crippen molar-refractivity contribution in [2.45, 2.75) is 38.8 Å². The molecule has 136 valence electrons. The molecule has 7 heteroatoms. The molecule has 0 spiro atoms. The van der Waals surface area contributed by atoms with Crippen molar-refractivity contribution in [3.8, 4) is 0 Å². The third kappa shape index (κ3) is 4.04. The molecule has 0 bridgehead atoms. The number of hydrogen-bond acceptors (Lipinski definition) is 4. The van der Waals surface area contributed by atoms with Gasteiger partial charge in [0.15, 0.2) is 0 Å². The van der Waals surface area contributed by atoms with Crippen LogP contribution in [0.5, 0.6) is 0 Å². The van der Waals surface area contributed by atoms with Crippen molar-refractivity contribution in [1.82, 2.24) is 4.98 Å². The van der Waals surface area contributed by atoms with Gasteiger partial charge in [-0.3, -0.25) is 9.69 Å². The van der Waals surface area contributed by atoms with Crippen LogP contribution in [0.2, 0.25) is 0 Å². The summed E-state index contributed by atoms with van der Waals surface area (Å²) in [5, 5.41) is 2.78. The van der Waals surface area contributed by atoms with E-state index in [4.69, 9.17) is 4.74 Å². The fourth-order valence-electron chi connectivity index (χ4n) is 2.82. The molecule has 0 aliphatic carbocycles. The van der Waals surface area contributed by atoms with E-state index >= 15 is 0 Å². The fraction of sp³-hybridized carbons (Fsp3) is 0.316. The second-order valence-corrected chi connectivity index (χ2v) is 7.85. The highest BCUT2D eigenvalue weighted by molar-refractivity contribution is 9.10. The lowest BCUT2D eigenvalue weighted by Crippen LogP contribution is -2.47. The van der Waals surface area contributed by atoms with Crippen molar-refractivity contribution in [2.75, 3.05) is 10.2 Å². The third-order valence-corrected chi connectivity index (χ3v) is 4.28. The number of pyridine rings is 1. The zero-order valence-corrected chi connectivity index (χ0v) is 16.4. The highest BCUT2D eigenvalue weighted by Gasteiger charge is 2.40. The molecule has 26 heavy (non-hydrogen) atoms. The largest absolute Gasteiger partial charge is 0.443 e. The van der Waals surface area contributed by atoms with Gasteiger partial charge >= 0.3 is 6.09 Å². The van der Waals surface area contributed by atoms with Crippen LogP contribution in [0.25, 0.3) is 0 Å². The number of carbonyl (C=O) groups excluding carboxylic acids is 2. The van der Waals surface area contributed by atoms with Gasteiger partial charge in [0.05, 0.1) is 5.69 Å². The maximum Gasteiger partial charge on any atom is 0.415 e. The summed E-state index contributed by atoms with van der Waals surface area (Å²) in [6.07, 6.45) is -0.111. The van der Waals surface area contributed by atoms with E-state index in [0.717, 1.165) is 5.56 Å². The molecular formula is C19H20BrN3O3. The minimum Gasteiger partial charge on any atom is -0.443 e. The first kappa shape index (κ1) is 18.4. The second-order valence-electron chi connectivity index (χ2n) is 7.03. The second kappa shape index (κ2) is 7.07. The van der Waals surface area contributed by atoms with Crippen LogP contribution < -0.4 is 10.2 Å². The number of hydrogen-bond donors (Lipinski definition) is 1. The smallest absolute Gasteiger partial charge is 0.415 e. The number of carbonyl (C=O) groups is 2. The lowest BCUT2D eigenvalue weighted by atomic mass is 10.1. The molecule has 6 nitrogen and oxygen atoms in total. The van der Waals surface area contributed by atoms with E-state index in [9.17, 15) is 9.59 Å². The Morgan fingerprint density at radius 2 is 1.92 bits per heavy atom. The van der Waals surface area contributed by atoms with Crippen LogP contribution in [0.3, 0.4) is 0 Å². The van der Waals surface area contributed by atoms with Gasteiger partial charge in [-0.15, -0.1) is 0 Å². The van der Waals surface area contributed by atoms with Crippen LogP contribution >= 0.6 is 15.9 Å². The number of fused-ring (bicyclic) bond motifs is 1. The van der Waals surface area contributed by atoms with Gasteiger partial charge in [0.2, 0.25) is 5.91 Å². The molecule has 1 aliphatic rings. The van der Waals surface area contributed by atoms with Crippen LogP contribution in [0.15, 0.2) is 47.1 Å². The number of anilines is 2. The van der Waals surface area contributed by atoms with Crippen molar-refractivity contribution in [3.05, 3.63) is 52.6 Å². The Morgan fingerprint density at radius 1 is 1.19 bits per heavy atom. The predicted octanol–water partition coefficient (Wildman–Crippen LogP) is 4.15. The first-order valence-corrected chi connectivity index (χ1v) is 9.07. The van der Waals surface area contributed by atoms with E-state index in [0.29, 0.717) is 22.5 Å². The van der Waals surface area contributed by atoms with Crippen molar-refractivity contribution >= 4 is 39.4 Å². The molecule has 1 N–H and O–H groups in total. The van der Waals surface area contributed by atoms with Crippen LogP contribution in [0.1, 0.15) is 26.3 Å². The van der Waals surface area contributed by atoms with E-state index in [1.54, 1.807) is 39.0 Å². The lowest BCUT2D eigenvalue weighted by Gasteiger charge is -2.28. The fourth-order valence-corrected chi connectivity index (χ4v) is 3.16. The molecule has 1 aromatic carbocycles. The van der Waals surface area contributed by atoms with Gasteiger partial charge in [-0.05, 0) is 60.5 Å². The lowest BCUT2D eigenvalue weighted by molar-refractivity contribution is -0.117. The SMILES string of the molecule is CC(C)(C)OC(=O)N1c2ccccc2C[C@H]1C(=O)Nc1cccc(Br)n1. The van der Waals surface area contributed by atoms with Gasteiger partial charge < -0.3 is 10.1 Å². The first-order chi connectivity index (χ1) is 12.2. The Hall–Kier alpha value is -2.41. The minimum absolute atomic E-state index is 0.308. The van der Waals surface area contributed by atoms with Crippen LogP contribution in [0.4, 0.5) is 16.3 Å². The number of halogens is 1. The Kier molecular flexibility index (Phi) is 5.00. The summed E-state index contributed by atoms with van der Waals surface area (Å²) in [6, 6.07) is 12.0. The van der Waals surface area contributed by atoms with E-state index < -0.39 is 17.7 Å². The van der Waals surface area contributed by atoms with Crippen LogP contribution in [-0.4, -0.2) is 28.6 Å². The zero-order chi connectivity index (χ0) is 18.9. The zero-order valence-electron chi connectivity index (χ0n) is 14.8. The summed E-state index contributed by atoms with van der Waals surface area (Å²) >= 11 is 3.28. The van der Waals surface area contributed by atoms with Gasteiger partial charge in [0.1, 0.15) is 22.1 Å². The minimum atomic E-state index is -0.692. The molecule has 2 heterocycles. The van der Waals surface area contributed by atoms with Gasteiger partial charge in [-0.1, -0.05) is 24.3 Å². The molecule has 1 aliphatic heterocycles. The average Bonchev–Trinajstić information content (AvgIpc) is 2.93. The molecule has 0 saturated heterocycles. The Bertz CT molecular complexity index is 848. The molecule has 2 aromatic rings. The molecule has 3 rings (SSSR count). The van der Waals surface area contributed by atoms with E-state index in [-0.39, 0.29) is 5.91 Å². The summed E-state index contributed by atoms with van der Waals surface area (Å²) < 4.78 is 6.13. The quantitative estimate of drug-likeness (QED) is 0.744. The summed E-state index contributed by atoms with van der Waals surface area (Å²) in [5.41, 5.74) is 0.978. The Balaban J connectivity index is 1.87. The summed E-state index contributed by atoms with van der Waals surface area (Å²) in [7, 11) is 0. The Labute approximate surface area is 160 Å². The van der Waals surface area contributed by atoms with Gasteiger partial charge in [0, 0.05) is 6.42 Å². The first-order valence-electron chi connectivity index (χ1n) is 8.28. The topological polar surface area (TPSA) is 71.5 Å². The number of rotatable bonds is 2. The maximum absolute atomic E-state index is 12.9. The number of nitrogens with zero attached hydrogens (tertiary/aromatic N) is 2. The normalized spacial score (nSPS) is 16.2. The predicted molar refractivity (Wildman–Crippen MR) is 103 cm³/mol. The van der Waals surface area contributed by atoms with E-state index in [2.05, 4.69) is 26.2 Å². The molecule has 0 unspecified atom stereocenters. The maximum atomic E-state index is 12.9. The van der Waals surface area contributed by atoms with Crippen molar-refractivity contribution in [3.63, 3.8) is 0 Å². The monoisotopic (exact) mass is 417 g/mol. The van der Waals surface area contributed by atoms with Crippen molar-refractivity contribution < 1.29 is 14.3 Å². The Morgan fingerprint density at radius 3 is 2.62 bits per heavy atom. The third-order valence-electron chi connectivity index (χ3n) is 3.84. The summed E-state index contributed by atoms with van der Waals surface area (Å²) in [4.78, 5) is 31.2. The van der Waals surface area contributed by atoms with Gasteiger partial charge in [-0.2, -0.15) is 0 Å². The molecule has 1 atom stereocenters. The van der Waals surface area contributed by atoms with Crippen LogP contribution in [-0.2, 0) is 16.0 Å². The van der Waals surface area contributed by atoms with E-state index in [1.165, 1.54) is 4.90 Å². The number of nitrogens with one attached hydrogen (secondary N) is 1. The van der Waals surface area contributed by atoms with Gasteiger partial charge in [-0.25, -0.2) is 9.78 Å². The summed E-state index contributed by atoms with van der Waals surface area (Å²) in [5.74, 6) is 0.113. The van der Waals surface area contributed by atoms with E-state index in [1.807, 2.05) is 24.3 Å². The van der Waals surface area contributed by atoms with Gasteiger partial charge in [0.25, 0.3) is 0 Å². The number of aromatic nitrogens is 1.